The Bertz CT molecular complexity index is 395. The first kappa shape index (κ1) is 22.0. The summed E-state index contributed by atoms with van der Waals surface area (Å²) in [6.45, 7) is 10.3. The maximum atomic E-state index is 12.3. The molecule has 0 aromatic heterocycles. The summed E-state index contributed by atoms with van der Waals surface area (Å²) in [5.41, 5.74) is 0.352. The lowest BCUT2D eigenvalue weighted by Crippen LogP contribution is -2.46. The highest BCUT2D eigenvalue weighted by Crippen LogP contribution is 2.58. The van der Waals surface area contributed by atoms with Crippen LogP contribution in [0.3, 0.4) is 0 Å². The van der Waals surface area contributed by atoms with Crippen molar-refractivity contribution < 1.29 is 9.53 Å². The van der Waals surface area contributed by atoms with Crippen molar-refractivity contribution in [3.63, 3.8) is 0 Å². The van der Waals surface area contributed by atoms with Crippen LogP contribution in [0.15, 0.2) is 0 Å². The van der Waals surface area contributed by atoms with E-state index in [1.165, 1.54) is 12.8 Å². The first-order valence-corrected chi connectivity index (χ1v) is 8.95. The fraction of sp³-hybridized carbons (Fsp3) is 0.941. The molecule has 7 heteroatoms. The molecular formula is C17H33Cl2N3O2. The van der Waals surface area contributed by atoms with Gasteiger partial charge in [-0.2, -0.15) is 0 Å². The van der Waals surface area contributed by atoms with Crippen molar-refractivity contribution in [2.75, 3.05) is 39.3 Å². The fourth-order valence-electron chi connectivity index (χ4n) is 4.30. The van der Waals surface area contributed by atoms with Gasteiger partial charge in [0, 0.05) is 32.1 Å². The van der Waals surface area contributed by atoms with E-state index in [2.05, 4.69) is 29.4 Å². The lowest BCUT2D eigenvalue weighted by Gasteiger charge is -2.35. The molecule has 1 aliphatic carbocycles. The molecule has 1 saturated carbocycles. The molecule has 2 heterocycles. The largest absolute Gasteiger partial charge is 0.373 e. The minimum atomic E-state index is 0. The fourth-order valence-corrected chi connectivity index (χ4v) is 4.30. The van der Waals surface area contributed by atoms with E-state index in [9.17, 15) is 4.79 Å². The molecule has 0 bridgehead atoms. The summed E-state index contributed by atoms with van der Waals surface area (Å²) in [4.78, 5) is 14.7. The van der Waals surface area contributed by atoms with Crippen molar-refractivity contribution in [1.82, 2.24) is 15.5 Å². The first-order chi connectivity index (χ1) is 10.6. The summed E-state index contributed by atoms with van der Waals surface area (Å²) in [5.74, 6) is 0.587. The molecule has 0 aromatic rings. The number of ether oxygens (including phenoxy) is 1. The van der Waals surface area contributed by atoms with Gasteiger partial charge in [0.05, 0.1) is 12.2 Å². The Morgan fingerprint density at radius 1 is 1.21 bits per heavy atom. The second-order valence-electron chi connectivity index (χ2n) is 7.53. The van der Waals surface area contributed by atoms with E-state index in [1.54, 1.807) is 0 Å². The van der Waals surface area contributed by atoms with Crippen molar-refractivity contribution in [3.8, 4) is 0 Å². The molecule has 3 fully saturated rings. The van der Waals surface area contributed by atoms with E-state index in [4.69, 9.17) is 4.74 Å². The van der Waals surface area contributed by atoms with Gasteiger partial charge in [-0.1, -0.05) is 0 Å². The monoisotopic (exact) mass is 381 g/mol. The summed E-state index contributed by atoms with van der Waals surface area (Å²) in [5, 5.41) is 6.55. The Kier molecular flexibility index (Phi) is 8.77. The minimum Gasteiger partial charge on any atom is -0.373 e. The maximum Gasteiger partial charge on any atom is 0.223 e. The van der Waals surface area contributed by atoms with Crippen LogP contribution in [-0.4, -0.2) is 62.3 Å². The predicted octanol–water partition coefficient (Wildman–Crippen LogP) is 1.84. The highest BCUT2D eigenvalue weighted by atomic mass is 35.5. The van der Waals surface area contributed by atoms with Gasteiger partial charge in [0.25, 0.3) is 0 Å². The standard InChI is InChI=1S/C17H31N3O2.2ClH/c1-13-11-20(12-14(2)22-13)9-3-6-19-16(21)15-10-17(15)4-7-18-8-5-17;;/h13-15,18H,3-12H2,1-2H3,(H,19,21);2*1H. The van der Waals surface area contributed by atoms with Crippen molar-refractivity contribution >= 4 is 30.7 Å². The second kappa shape index (κ2) is 9.58. The highest BCUT2D eigenvalue weighted by Gasteiger charge is 2.57. The summed E-state index contributed by atoms with van der Waals surface area (Å²) < 4.78 is 5.75. The average molecular weight is 382 g/mol. The van der Waals surface area contributed by atoms with Crippen LogP contribution in [0.25, 0.3) is 0 Å². The van der Waals surface area contributed by atoms with Gasteiger partial charge in [-0.05, 0) is 58.0 Å². The number of carbonyl (C=O) groups is 1. The molecule has 2 aliphatic heterocycles. The number of rotatable bonds is 5. The smallest absolute Gasteiger partial charge is 0.223 e. The topological polar surface area (TPSA) is 53.6 Å². The Hall–Kier alpha value is -0.0700. The lowest BCUT2D eigenvalue weighted by molar-refractivity contribution is -0.123. The van der Waals surface area contributed by atoms with Gasteiger partial charge in [-0.3, -0.25) is 9.69 Å². The molecule has 3 unspecified atom stereocenters. The predicted molar refractivity (Wildman–Crippen MR) is 101 cm³/mol. The van der Waals surface area contributed by atoms with Crippen molar-refractivity contribution in [2.24, 2.45) is 11.3 Å². The Morgan fingerprint density at radius 2 is 1.83 bits per heavy atom. The lowest BCUT2D eigenvalue weighted by atomic mass is 9.92. The molecule has 5 nitrogen and oxygen atoms in total. The van der Waals surface area contributed by atoms with Gasteiger partial charge in [0.15, 0.2) is 0 Å². The molecule has 2 saturated heterocycles. The molecule has 3 atom stereocenters. The van der Waals surface area contributed by atoms with E-state index in [0.717, 1.165) is 52.1 Å². The Labute approximate surface area is 158 Å². The average Bonchev–Trinajstić information content (AvgIpc) is 3.16. The quantitative estimate of drug-likeness (QED) is 0.713. The zero-order valence-corrected chi connectivity index (χ0v) is 16.5. The molecule has 142 valence electrons. The van der Waals surface area contributed by atoms with Crippen LogP contribution in [0.2, 0.25) is 0 Å². The van der Waals surface area contributed by atoms with Gasteiger partial charge in [0.1, 0.15) is 0 Å². The number of nitrogens with zero attached hydrogens (tertiary/aromatic N) is 1. The third kappa shape index (κ3) is 5.46. The van der Waals surface area contributed by atoms with E-state index >= 15 is 0 Å². The van der Waals surface area contributed by atoms with Gasteiger partial charge in [0.2, 0.25) is 5.91 Å². The summed E-state index contributed by atoms with van der Waals surface area (Å²) in [7, 11) is 0. The van der Waals surface area contributed by atoms with E-state index in [-0.39, 0.29) is 30.7 Å². The number of piperidine rings is 1. The summed E-state index contributed by atoms with van der Waals surface area (Å²) in [6, 6.07) is 0. The van der Waals surface area contributed by atoms with Crippen molar-refractivity contribution in [3.05, 3.63) is 0 Å². The SMILES string of the molecule is CC1CN(CCCNC(=O)C2CC23CCNCC3)CC(C)O1.Cl.Cl. The molecule has 3 rings (SSSR count). The maximum absolute atomic E-state index is 12.3. The van der Waals surface area contributed by atoms with Gasteiger partial charge in [-0.25, -0.2) is 0 Å². The van der Waals surface area contributed by atoms with E-state index < -0.39 is 0 Å². The second-order valence-corrected chi connectivity index (χ2v) is 7.53. The van der Waals surface area contributed by atoms with Crippen molar-refractivity contribution in [1.29, 1.82) is 0 Å². The minimum absolute atomic E-state index is 0. The van der Waals surface area contributed by atoms with Gasteiger partial charge in [-0.15, -0.1) is 24.8 Å². The van der Waals surface area contributed by atoms with Gasteiger partial charge < -0.3 is 15.4 Å². The van der Waals surface area contributed by atoms with Crippen LogP contribution in [0.1, 0.15) is 39.5 Å². The third-order valence-electron chi connectivity index (χ3n) is 5.55. The van der Waals surface area contributed by atoms with E-state index in [0.29, 0.717) is 23.5 Å². The number of hydrogen-bond donors (Lipinski definition) is 2. The number of amides is 1. The molecule has 24 heavy (non-hydrogen) atoms. The first-order valence-electron chi connectivity index (χ1n) is 8.95. The summed E-state index contributed by atoms with van der Waals surface area (Å²) in [6.07, 6.45) is 5.14. The number of halogens is 2. The van der Waals surface area contributed by atoms with Crippen molar-refractivity contribution in [2.45, 2.75) is 51.7 Å². The Morgan fingerprint density at radius 3 is 2.46 bits per heavy atom. The Balaban J connectivity index is 0.00000144. The van der Waals surface area contributed by atoms with Crippen LogP contribution in [0, 0.1) is 11.3 Å². The van der Waals surface area contributed by atoms with Crippen LogP contribution in [0.5, 0.6) is 0 Å². The van der Waals surface area contributed by atoms with Crippen LogP contribution < -0.4 is 10.6 Å². The zero-order valence-electron chi connectivity index (χ0n) is 14.9. The number of carbonyl (C=O) groups excluding carboxylic acids is 1. The molecule has 0 radical (unpaired) electrons. The number of morpholine rings is 1. The number of hydrogen-bond acceptors (Lipinski definition) is 4. The summed E-state index contributed by atoms with van der Waals surface area (Å²) >= 11 is 0. The molecule has 1 amide bonds. The van der Waals surface area contributed by atoms with Crippen LogP contribution >= 0.6 is 24.8 Å². The van der Waals surface area contributed by atoms with Gasteiger partial charge >= 0.3 is 0 Å². The number of nitrogens with one attached hydrogen (secondary N) is 2. The highest BCUT2D eigenvalue weighted by molar-refractivity contribution is 5.85. The molecule has 1 spiro atoms. The van der Waals surface area contributed by atoms with Crippen LogP contribution in [-0.2, 0) is 9.53 Å². The van der Waals surface area contributed by atoms with E-state index in [1.807, 2.05) is 0 Å². The third-order valence-corrected chi connectivity index (χ3v) is 5.55. The molecule has 3 aliphatic rings. The molecular weight excluding hydrogens is 349 g/mol. The normalized spacial score (nSPS) is 31.7. The molecule has 0 aromatic carbocycles. The zero-order chi connectivity index (χ0) is 15.6. The van der Waals surface area contributed by atoms with Crippen LogP contribution in [0.4, 0.5) is 0 Å². The molecule has 2 N–H and O–H groups in total.